The molecule has 0 aliphatic carbocycles. The molecule has 2 atom stereocenters. The summed E-state index contributed by atoms with van der Waals surface area (Å²) in [5.41, 5.74) is 0.510. The van der Waals surface area contributed by atoms with Crippen molar-refractivity contribution in [2.45, 2.75) is 45.3 Å². The molecule has 0 aromatic heterocycles. The molecule has 1 aromatic rings. The first kappa shape index (κ1) is 26.6. The molecule has 2 fully saturated rings. The number of piperidine rings is 1. The summed E-state index contributed by atoms with van der Waals surface area (Å²) < 4.78 is 13.3. The van der Waals surface area contributed by atoms with Crippen LogP contribution in [0.1, 0.15) is 38.7 Å². The minimum atomic E-state index is -0.590. The zero-order valence-corrected chi connectivity index (χ0v) is 20.7. The summed E-state index contributed by atoms with van der Waals surface area (Å²) in [5.74, 6) is -0.771. The van der Waals surface area contributed by atoms with Crippen molar-refractivity contribution in [1.82, 2.24) is 14.7 Å². The summed E-state index contributed by atoms with van der Waals surface area (Å²) in [7, 11) is 0. The molecule has 3 rings (SSSR count). The lowest BCUT2D eigenvalue weighted by molar-refractivity contribution is -0.130. The number of amides is 2. The number of β-amino-alcohol motifs (C(OH)–C–C–N with tert-alkyl or cyclic N) is 2. The Labute approximate surface area is 205 Å². The van der Waals surface area contributed by atoms with E-state index in [2.05, 4.69) is 18.7 Å². The quantitative estimate of drug-likeness (QED) is 0.567. The first-order valence-corrected chi connectivity index (χ1v) is 12.2. The van der Waals surface area contributed by atoms with Crippen LogP contribution in [-0.4, -0.2) is 94.7 Å². The summed E-state index contributed by atoms with van der Waals surface area (Å²) >= 11 is 5.78. The zero-order chi connectivity index (χ0) is 24.9. The highest BCUT2D eigenvalue weighted by atomic mass is 35.5. The van der Waals surface area contributed by atoms with Gasteiger partial charge in [-0.1, -0.05) is 31.5 Å². The van der Waals surface area contributed by atoms with Gasteiger partial charge < -0.3 is 20.0 Å². The monoisotopic (exact) mass is 495 g/mol. The molecule has 2 heterocycles. The number of nitrogens with zero attached hydrogens (tertiary/aromatic N) is 3. The highest BCUT2D eigenvalue weighted by Crippen LogP contribution is 2.30. The Balaban J connectivity index is 1.45. The Morgan fingerprint density at radius 1 is 1.29 bits per heavy atom. The SMILES string of the molecule is CC1(C)CCN(C[C@H](O)CCN2CCN(C(=O)C=Cc3ccc(F)c(Cl)c3)CCC2=O)CC1O. The fourth-order valence-corrected chi connectivity index (χ4v) is 4.46. The zero-order valence-electron chi connectivity index (χ0n) is 19.9. The van der Waals surface area contributed by atoms with E-state index in [1.165, 1.54) is 24.3 Å². The summed E-state index contributed by atoms with van der Waals surface area (Å²) in [5, 5.41) is 20.8. The van der Waals surface area contributed by atoms with Crippen LogP contribution >= 0.6 is 11.6 Å². The van der Waals surface area contributed by atoms with Gasteiger partial charge in [0.25, 0.3) is 0 Å². The number of halogens is 2. The number of hydrogen-bond donors (Lipinski definition) is 2. The number of likely N-dealkylation sites (tertiary alicyclic amines) is 1. The number of rotatable bonds is 7. The van der Waals surface area contributed by atoms with Gasteiger partial charge in [-0.3, -0.25) is 14.5 Å². The molecule has 2 amide bonds. The minimum absolute atomic E-state index is 0.00639. The third-order valence-corrected chi connectivity index (χ3v) is 7.16. The smallest absolute Gasteiger partial charge is 0.246 e. The van der Waals surface area contributed by atoms with Crippen LogP contribution < -0.4 is 0 Å². The topological polar surface area (TPSA) is 84.3 Å². The minimum Gasteiger partial charge on any atom is -0.392 e. The average molecular weight is 496 g/mol. The third kappa shape index (κ3) is 7.25. The van der Waals surface area contributed by atoms with E-state index in [9.17, 15) is 24.2 Å². The van der Waals surface area contributed by atoms with Crippen molar-refractivity contribution >= 4 is 29.5 Å². The lowest BCUT2D eigenvalue weighted by atomic mass is 9.80. The van der Waals surface area contributed by atoms with Crippen LogP contribution in [0, 0.1) is 11.2 Å². The van der Waals surface area contributed by atoms with E-state index in [0.717, 1.165) is 13.0 Å². The normalized spacial score (nSPS) is 22.8. The van der Waals surface area contributed by atoms with Crippen molar-refractivity contribution in [3.8, 4) is 0 Å². The number of carbonyl (C=O) groups is 2. The molecular formula is C25H35ClFN3O4. The van der Waals surface area contributed by atoms with Crippen molar-refractivity contribution in [2.24, 2.45) is 5.41 Å². The number of carbonyl (C=O) groups excluding carboxylic acids is 2. The number of aliphatic hydroxyl groups excluding tert-OH is 2. The number of hydrogen-bond acceptors (Lipinski definition) is 5. The molecule has 2 N–H and O–H groups in total. The molecule has 2 saturated heterocycles. The van der Waals surface area contributed by atoms with Gasteiger partial charge in [-0.25, -0.2) is 4.39 Å². The van der Waals surface area contributed by atoms with E-state index in [1.54, 1.807) is 15.9 Å². The molecule has 0 spiro atoms. The van der Waals surface area contributed by atoms with E-state index in [4.69, 9.17) is 11.6 Å². The Bertz CT molecular complexity index is 910. The van der Waals surface area contributed by atoms with Gasteiger partial charge in [0.05, 0.1) is 17.2 Å². The van der Waals surface area contributed by atoms with Crippen molar-refractivity contribution in [3.63, 3.8) is 0 Å². The third-order valence-electron chi connectivity index (χ3n) is 6.87. The molecule has 34 heavy (non-hydrogen) atoms. The van der Waals surface area contributed by atoms with Crippen LogP contribution in [0.25, 0.3) is 6.08 Å². The molecule has 2 aliphatic heterocycles. The summed E-state index contributed by atoms with van der Waals surface area (Å²) in [6.07, 6.45) is 3.52. The van der Waals surface area contributed by atoms with E-state index < -0.39 is 18.0 Å². The van der Waals surface area contributed by atoms with Gasteiger partial charge in [-0.2, -0.15) is 0 Å². The molecule has 1 aromatic carbocycles. The first-order chi connectivity index (χ1) is 16.0. The number of aliphatic hydroxyl groups is 2. The van der Waals surface area contributed by atoms with Crippen molar-refractivity contribution in [3.05, 3.63) is 40.7 Å². The maximum Gasteiger partial charge on any atom is 0.246 e. The largest absolute Gasteiger partial charge is 0.392 e. The molecule has 7 nitrogen and oxygen atoms in total. The standard InChI is InChI=1S/C25H35ClFN3O4/c1-25(2)9-12-28(17-22(25)32)16-19(31)7-10-29-13-14-30(11-8-24(29)34)23(33)6-4-18-3-5-21(27)20(26)15-18/h3-6,15,19,22,31-32H,7-14,16-17H2,1-2H3/t19-,22?/m1/s1. The predicted molar refractivity (Wildman–Crippen MR) is 130 cm³/mol. The Morgan fingerprint density at radius 2 is 2.06 bits per heavy atom. The van der Waals surface area contributed by atoms with Gasteiger partial charge in [0.2, 0.25) is 11.8 Å². The van der Waals surface area contributed by atoms with Gasteiger partial charge in [0.1, 0.15) is 5.82 Å². The lowest BCUT2D eigenvalue weighted by Crippen LogP contribution is -2.50. The second kappa shape index (κ2) is 11.6. The Hall–Kier alpha value is -2.00. The maximum atomic E-state index is 13.3. The van der Waals surface area contributed by atoms with Crippen molar-refractivity contribution in [1.29, 1.82) is 0 Å². The van der Waals surface area contributed by atoms with Crippen LogP contribution in [0.5, 0.6) is 0 Å². The summed E-state index contributed by atoms with van der Waals surface area (Å²) in [6.45, 7) is 7.52. The summed E-state index contributed by atoms with van der Waals surface area (Å²) in [4.78, 5) is 30.5. The highest BCUT2D eigenvalue weighted by molar-refractivity contribution is 6.30. The fourth-order valence-electron chi connectivity index (χ4n) is 4.27. The predicted octanol–water partition coefficient (Wildman–Crippen LogP) is 2.40. The van der Waals surface area contributed by atoms with E-state index in [1.807, 2.05) is 0 Å². The Kier molecular flexibility index (Phi) is 9.09. The highest BCUT2D eigenvalue weighted by Gasteiger charge is 2.34. The van der Waals surface area contributed by atoms with Crippen LogP contribution in [0.2, 0.25) is 5.02 Å². The molecule has 188 valence electrons. The second-order valence-electron chi connectivity index (χ2n) is 9.92. The Morgan fingerprint density at radius 3 is 2.76 bits per heavy atom. The number of benzene rings is 1. The molecule has 1 unspecified atom stereocenters. The first-order valence-electron chi connectivity index (χ1n) is 11.8. The molecular weight excluding hydrogens is 461 g/mol. The lowest BCUT2D eigenvalue weighted by Gasteiger charge is -2.41. The molecule has 0 radical (unpaired) electrons. The fraction of sp³-hybridized carbons (Fsp3) is 0.600. The van der Waals surface area contributed by atoms with Gasteiger partial charge in [0.15, 0.2) is 0 Å². The van der Waals surface area contributed by atoms with Gasteiger partial charge in [-0.15, -0.1) is 0 Å². The van der Waals surface area contributed by atoms with Crippen LogP contribution in [0.15, 0.2) is 24.3 Å². The van der Waals surface area contributed by atoms with Gasteiger partial charge in [-0.05, 0) is 48.6 Å². The van der Waals surface area contributed by atoms with Crippen LogP contribution in [-0.2, 0) is 9.59 Å². The molecule has 0 saturated carbocycles. The van der Waals surface area contributed by atoms with Crippen LogP contribution in [0.4, 0.5) is 4.39 Å². The van der Waals surface area contributed by atoms with Crippen LogP contribution in [0.3, 0.4) is 0 Å². The van der Waals surface area contributed by atoms with E-state index in [0.29, 0.717) is 51.3 Å². The maximum absolute atomic E-state index is 13.3. The van der Waals surface area contributed by atoms with E-state index in [-0.39, 0.29) is 28.7 Å². The molecule has 2 aliphatic rings. The van der Waals surface area contributed by atoms with Gasteiger partial charge in [0, 0.05) is 51.8 Å². The molecule has 9 heteroatoms. The second-order valence-corrected chi connectivity index (χ2v) is 10.3. The van der Waals surface area contributed by atoms with Crippen molar-refractivity contribution in [2.75, 3.05) is 45.8 Å². The average Bonchev–Trinajstić information content (AvgIpc) is 2.97. The van der Waals surface area contributed by atoms with E-state index >= 15 is 0 Å². The summed E-state index contributed by atoms with van der Waals surface area (Å²) in [6, 6.07) is 4.23. The van der Waals surface area contributed by atoms with Crippen molar-refractivity contribution < 1.29 is 24.2 Å². The van der Waals surface area contributed by atoms with Gasteiger partial charge >= 0.3 is 0 Å². The molecule has 0 bridgehead atoms.